The summed E-state index contributed by atoms with van der Waals surface area (Å²) in [4.78, 5) is 23.8. The van der Waals surface area contributed by atoms with Gasteiger partial charge in [-0.05, 0) is 19.4 Å². The zero-order valence-corrected chi connectivity index (χ0v) is 15.9. The third-order valence-corrected chi connectivity index (χ3v) is 4.71. The number of piperazine rings is 1. The first-order chi connectivity index (χ1) is 13.2. The molecule has 0 saturated carbocycles. The molecule has 152 valence electrons. The molecule has 1 saturated heterocycles. The number of amides is 1. The second-order valence-corrected chi connectivity index (χ2v) is 6.89. The smallest absolute Gasteiger partial charge is 0.352 e. The standard InChI is InChI=1S/C17H19ClF3N5O2/c1-11-23-14(28-24-11)3-2-4-15(27)25-5-7-26(8-6-25)16-13(18)9-12(10-22-16)17(19,20)21/h9-10H,2-8H2,1H3. The highest BCUT2D eigenvalue weighted by atomic mass is 35.5. The van der Waals surface area contributed by atoms with E-state index in [2.05, 4.69) is 15.1 Å². The summed E-state index contributed by atoms with van der Waals surface area (Å²) in [6.45, 7) is 3.55. The fraction of sp³-hybridized carbons (Fsp3) is 0.529. The van der Waals surface area contributed by atoms with Crippen LogP contribution < -0.4 is 4.90 Å². The van der Waals surface area contributed by atoms with Crippen LogP contribution >= 0.6 is 11.6 Å². The van der Waals surface area contributed by atoms with E-state index in [1.165, 1.54) is 0 Å². The van der Waals surface area contributed by atoms with Crippen LogP contribution in [0.2, 0.25) is 5.02 Å². The van der Waals surface area contributed by atoms with Gasteiger partial charge in [-0.2, -0.15) is 18.2 Å². The monoisotopic (exact) mass is 417 g/mol. The summed E-state index contributed by atoms with van der Waals surface area (Å²) in [5, 5.41) is 3.65. The van der Waals surface area contributed by atoms with Crippen LogP contribution in [0.5, 0.6) is 0 Å². The quantitative estimate of drug-likeness (QED) is 0.744. The number of hydrogen-bond donors (Lipinski definition) is 0. The molecular weight excluding hydrogens is 399 g/mol. The van der Waals surface area contributed by atoms with Gasteiger partial charge in [0.15, 0.2) is 5.82 Å². The molecule has 0 N–H and O–H groups in total. The predicted molar refractivity (Wildman–Crippen MR) is 95.0 cm³/mol. The number of anilines is 1. The number of aromatic nitrogens is 3. The van der Waals surface area contributed by atoms with Gasteiger partial charge in [-0.3, -0.25) is 4.79 Å². The lowest BCUT2D eigenvalue weighted by Crippen LogP contribution is -2.49. The zero-order valence-electron chi connectivity index (χ0n) is 15.2. The fourth-order valence-electron chi connectivity index (χ4n) is 2.98. The Balaban J connectivity index is 1.49. The highest BCUT2D eigenvalue weighted by Crippen LogP contribution is 2.33. The van der Waals surface area contributed by atoms with Crippen LogP contribution in [0.25, 0.3) is 0 Å². The zero-order chi connectivity index (χ0) is 20.3. The summed E-state index contributed by atoms with van der Waals surface area (Å²) in [5.41, 5.74) is -0.883. The van der Waals surface area contributed by atoms with E-state index in [0.29, 0.717) is 63.0 Å². The van der Waals surface area contributed by atoms with E-state index in [1.54, 1.807) is 16.7 Å². The largest absolute Gasteiger partial charge is 0.417 e. The molecule has 0 radical (unpaired) electrons. The minimum Gasteiger partial charge on any atom is -0.352 e. The normalized spacial score (nSPS) is 15.2. The van der Waals surface area contributed by atoms with E-state index in [-0.39, 0.29) is 10.9 Å². The van der Waals surface area contributed by atoms with Crippen molar-refractivity contribution in [1.82, 2.24) is 20.0 Å². The first kappa shape index (κ1) is 20.4. The van der Waals surface area contributed by atoms with Crippen molar-refractivity contribution < 1.29 is 22.5 Å². The molecule has 0 aliphatic carbocycles. The number of alkyl halides is 3. The van der Waals surface area contributed by atoms with Crippen molar-refractivity contribution >= 4 is 23.3 Å². The Morgan fingerprint density at radius 3 is 2.57 bits per heavy atom. The Hall–Kier alpha value is -2.36. The summed E-state index contributed by atoms with van der Waals surface area (Å²) in [7, 11) is 0. The number of carbonyl (C=O) groups is 1. The van der Waals surface area contributed by atoms with Crippen LogP contribution in [0.1, 0.15) is 30.1 Å². The van der Waals surface area contributed by atoms with Crippen LogP contribution in [-0.4, -0.2) is 52.1 Å². The number of hydrogen-bond acceptors (Lipinski definition) is 6. The third-order valence-electron chi connectivity index (χ3n) is 4.43. The highest BCUT2D eigenvalue weighted by Gasteiger charge is 2.32. The fourth-order valence-corrected chi connectivity index (χ4v) is 3.26. The van der Waals surface area contributed by atoms with Crippen LogP contribution in [0.3, 0.4) is 0 Å². The Bertz CT molecular complexity index is 834. The lowest BCUT2D eigenvalue weighted by Gasteiger charge is -2.36. The van der Waals surface area contributed by atoms with Gasteiger partial charge in [0.2, 0.25) is 11.8 Å². The maximum absolute atomic E-state index is 12.7. The van der Waals surface area contributed by atoms with Crippen LogP contribution in [0.4, 0.5) is 19.0 Å². The van der Waals surface area contributed by atoms with Crippen molar-refractivity contribution in [3.8, 4) is 0 Å². The van der Waals surface area contributed by atoms with Gasteiger partial charge in [-0.25, -0.2) is 4.98 Å². The summed E-state index contributed by atoms with van der Waals surface area (Å²) in [5.74, 6) is 1.39. The molecule has 2 aromatic heterocycles. The SMILES string of the molecule is Cc1noc(CCCC(=O)N2CCN(c3ncc(C(F)(F)F)cc3Cl)CC2)n1. The highest BCUT2D eigenvalue weighted by molar-refractivity contribution is 6.33. The number of halogens is 4. The Kier molecular flexibility index (Phi) is 6.07. The third kappa shape index (κ3) is 4.92. The molecule has 1 amide bonds. The summed E-state index contributed by atoms with van der Waals surface area (Å²) >= 11 is 5.99. The van der Waals surface area contributed by atoms with E-state index in [9.17, 15) is 18.0 Å². The molecule has 7 nitrogen and oxygen atoms in total. The van der Waals surface area contributed by atoms with Gasteiger partial charge in [0.25, 0.3) is 0 Å². The second kappa shape index (κ2) is 8.34. The maximum Gasteiger partial charge on any atom is 0.417 e. The minimum atomic E-state index is -4.49. The molecule has 2 aromatic rings. The Morgan fingerprint density at radius 2 is 2.00 bits per heavy atom. The van der Waals surface area contributed by atoms with E-state index in [4.69, 9.17) is 16.1 Å². The number of pyridine rings is 1. The van der Waals surface area contributed by atoms with Gasteiger partial charge in [0, 0.05) is 45.2 Å². The minimum absolute atomic E-state index is 0.0161. The van der Waals surface area contributed by atoms with Gasteiger partial charge >= 0.3 is 6.18 Å². The second-order valence-electron chi connectivity index (χ2n) is 6.48. The lowest BCUT2D eigenvalue weighted by molar-refractivity contribution is -0.137. The molecule has 1 aliphatic rings. The molecule has 0 spiro atoms. The Labute approximate surface area is 164 Å². The predicted octanol–water partition coefficient (Wildman–Crippen LogP) is 3.12. The molecule has 1 fully saturated rings. The maximum atomic E-state index is 12.7. The molecule has 11 heteroatoms. The lowest BCUT2D eigenvalue weighted by atomic mass is 10.2. The molecule has 1 aliphatic heterocycles. The van der Waals surface area contributed by atoms with E-state index >= 15 is 0 Å². The molecule has 0 bridgehead atoms. The number of nitrogens with zero attached hydrogens (tertiary/aromatic N) is 5. The van der Waals surface area contributed by atoms with Crippen molar-refractivity contribution in [2.75, 3.05) is 31.1 Å². The number of carbonyl (C=O) groups excluding carboxylic acids is 1. The van der Waals surface area contributed by atoms with E-state index in [0.717, 1.165) is 12.3 Å². The van der Waals surface area contributed by atoms with Crippen molar-refractivity contribution in [3.63, 3.8) is 0 Å². The van der Waals surface area contributed by atoms with Gasteiger partial charge in [-0.1, -0.05) is 16.8 Å². The molecular formula is C17H19ClF3N5O2. The molecule has 0 aromatic carbocycles. The molecule has 28 heavy (non-hydrogen) atoms. The van der Waals surface area contributed by atoms with Crippen molar-refractivity contribution in [3.05, 3.63) is 34.6 Å². The molecule has 0 unspecified atom stereocenters. The van der Waals surface area contributed by atoms with E-state index < -0.39 is 11.7 Å². The Morgan fingerprint density at radius 1 is 1.29 bits per heavy atom. The van der Waals surface area contributed by atoms with Crippen molar-refractivity contribution in [2.24, 2.45) is 0 Å². The first-order valence-electron chi connectivity index (χ1n) is 8.78. The summed E-state index contributed by atoms with van der Waals surface area (Å²) < 4.78 is 43.2. The van der Waals surface area contributed by atoms with Crippen LogP contribution in [0.15, 0.2) is 16.8 Å². The summed E-state index contributed by atoms with van der Waals surface area (Å²) in [6, 6.07) is 0.876. The van der Waals surface area contributed by atoms with Gasteiger partial charge in [-0.15, -0.1) is 0 Å². The average molecular weight is 418 g/mol. The van der Waals surface area contributed by atoms with Crippen molar-refractivity contribution in [2.45, 2.75) is 32.4 Å². The van der Waals surface area contributed by atoms with E-state index in [1.807, 2.05) is 0 Å². The van der Waals surface area contributed by atoms with Gasteiger partial charge in [0.05, 0.1) is 10.6 Å². The summed E-state index contributed by atoms with van der Waals surface area (Å²) in [6.07, 6.45) is -2.20. The average Bonchev–Trinajstić information content (AvgIpc) is 3.06. The van der Waals surface area contributed by atoms with Crippen LogP contribution in [-0.2, 0) is 17.4 Å². The topological polar surface area (TPSA) is 75.4 Å². The number of rotatable bonds is 5. The molecule has 0 atom stereocenters. The number of aryl methyl sites for hydroxylation is 2. The first-order valence-corrected chi connectivity index (χ1v) is 9.16. The van der Waals surface area contributed by atoms with Crippen molar-refractivity contribution in [1.29, 1.82) is 0 Å². The van der Waals surface area contributed by atoms with Gasteiger partial charge < -0.3 is 14.3 Å². The molecule has 3 rings (SSSR count). The van der Waals surface area contributed by atoms with Crippen LogP contribution in [0, 0.1) is 6.92 Å². The van der Waals surface area contributed by atoms with Gasteiger partial charge in [0.1, 0.15) is 5.82 Å². The molecule has 3 heterocycles.